The average molecular weight is 321 g/mol. The summed E-state index contributed by atoms with van der Waals surface area (Å²) in [4.78, 5) is 14.0. The fourth-order valence-corrected chi connectivity index (χ4v) is 3.43. The second kappa shape index (κ2) is 8.43. The van der Waals surface area contributed by atoms with Gasteiger partial charge in [-0.3, -0.25) is 4.79 Å². The summed E-state index contributed by atoms with van der Waals surface area (Å²) in [5.74, 6) is -0.0539. The first-order valence-electron chi connectivity index (χ1n) is 8.36. The number of amides is 1. The number of benzene rings is 1. The van der Waals surface area contributed by atoms with E-state index in [1.165, 1.54) is 0 Å². The van der Waals surface area contributed by atoms with Crippen molar-refractivity contribution in [2.75, 3.05) is 24.7 Å². The van der Waals surface area contributed by atoms with Crippen LogP contribution in [0.15, 0.2) is 24.3 Å². The number of para-hydroxylation sites is 1. The highest BCUT2D eigenvalue weighted by Crippen LogP contribution is 2.42. The second-order valence-electron chi connectivity index (χ2n) is 5.72. The summed E-state index contributed by atoms with van der Waals surface area (Å²) in [5.41, 5.74) is 1.95. The lowest BCUT2D eigenvalue weighted by atomic mass is 9.93. The van der Waals surface area contributed by atoms with Crippen LogP contribution in [0.25, 0.3) is 0 Å². The first-order chi connectivity index (χ1) is 11.1. The maximum absolute atomic E-state index is 12.2. The zero-order valence-corrected chi connectivity index (χ0v) is 14.2. The zero-order valence-electron chi connectivity index (χ0n) is 14.2. The van der Waals surface area contributed by atoms with Crippen LogP contribution in [0.3, 0.4) is 0 Å². The fourth-order valence-electron chi connectivity index (χ4n) is 3.43. The van der Waals surface area contributed by atoms with Gasteiger partial charge in [-0.25, -0.2) is 0 Å². The molecule has 1 heterocycles. The Balaban J connectivity index is 2.17. The van der Waals surface area contributed by atoms with Gasteiger partial charge in [-0.2, -0.15) is 0 Å². The molecule has 0 saturated carbocycles. The van der Waals surface area contributed by atoms with Crippen LogP contribution in [-0.4, -0.2) is 43.2 Å². The molecule has 5 heteroatoms. The number of hydrogen-bond donors (Lipinski definition) is 1. The zero-order chi connectivity index (χ0) is 16.8. The van der Waals surface area contributed by atoms with Crippen molar-refractivity contribution < 1.29 is 19.4 Å². The summed E-state index contributed by atoms with van der Waals surface area (Å²) in [7, 11) is 0. The van der Waals surface area contributed by atoms with E-state index in [1.807, 2.05) is 43.0 Å². The van der Waals surface area contributed by atoms with Crippen molar-refractivity contribution in [2.45, 2.75) is 51.9 Å². The average Bonchev–Trinajstić information content (AvgIpc) is 2.86. The van der Waals surface area contributed by atoms with Crippen molar-refractivity contribution in [2.24, 2.45) is 0 Å². The lowest BCUT2D eigenvalue weighted by Gasteiger charge is -2.28. The summed E-state index contributed by atoms with van der Waals surface area (Å²) in [6.45, 7) is 6.67. The number of ether oxygens (including phenoxy) is 2. The molecule has 0 fully saturated rings. The Hall–Kier alpha value is -1.43. The number of aliphatic hydroxyl groups excluding tert-OH is 1. The van der Waals surface area contributed by atoms with Gasteiger partial charge >= 0.3 is 0 Å². The van der Waals surface area contributed by atoms with Crippen LogP contribution >= 0.6 is 0 Å². The Morgan fingerprint density at radius 3 is 2.48 bits per heavy atom. The number of carbonyl (C=O) groups excluding carboxylic acids is 1. The molecule has 2 unspecified atom stereocenters. The molecule has 0 aromatic heterocycles. The summed E-state index contributed by atoms with van der Waals surface area (Å²) >= 11 is 0. The lowest BCUT2D eigenvalue weighted by Crippen LogP contribution is -2.39. The van der Waals surface area contributed by atoms with E-state index in [9.17, 15) is 9.90 Å². The Labute approximate surface area is 138 Å². The van der Waals surface area contributed by atoms with E-state index in [-0.39, 0.29) is 30.8 Å². The summed E-state index contributed by atoms with van der Waals surface area (Å²) in [5, 5.41) is 9.85. The molecule has 128 valence electrons. The van der Waals surface area contributed by atoms with E-state index >= 15 is 0 Å². The van der Waals surface area contributed by atoms with Crippen LogP contribution < -0.4 is 4.90 Å². The molecule has 1 N–H and O–H groups in total. The minimum Gasteiger partial charge on any atom is -0.396 e. The van der Waals surface area contributed by atoms with Gasteiger partial charge in [0, 0.05) is 44.2 Å². The molecule has 1 aliphatic rings. The van der Waals surface area contributed by atoms with E-state index < -0.39 is 0 Å². The van der Waals surface area contributed by atoms with Gasteiger partial charge in [-0.05, 0) is 31.9 Å². The third-order valence-electron chi connectivity index (χ3n) is 4.33. The van der Waals surface area contributed by atoms with Gasteiger partial charge in [-0.15, -0.1) is 0 Å². The summed E-state index contributed by atoms with van der Waals surface area (Å²) in [6.07, 6.45) is 1.16. The largest absolute Gasteiger partial charge is 0.396 e. The van der Waals surface area contributed by atoms with Crippen molar-refractivity contribution in [3.05, 3.63) is 29.8 Å². The molecule has 0 aliphatic carbocycles. The van der Waals surface area contributed by atoms with E-state index in [4.69, 9.17) is 9.47 Å². The van der Waals surface area contributed by atoms with Crippen LogP contribution in [0.5, 0.6) is 0 Å². The third-order valence-corrected chi connectivity index (χ3v) is 4.33. The first kappa shape index (κ1) is 17.9. The van der Waals surface area contributed by atoms with Crippen LogP contribution in [0.4, 0.5) is 5.69 Å². The predicted molar refractivity (Wildman–Crippen MR) is 89.5 cm³/mol. The molecule has 23 heavy (non-hydrogen) atoms. The minimum absolute atomic E-state index is 0.00256. The number of rotatable bonds is 8. The van der Waals surface area contributed by atoms with Gasteiger partial charge in [0.05, 0.1) is 6.61 Å². The molecule has 0 radical (unpaired) electrons. The van der Waals surface area contributed by atoms with Crippen molar-refractivity contribution in [3.8, 4) is 0 Å². The van der Waals surface area contributed by atoms with Gasteiger partial charge < -0.3 is 19.5 Å². The van der Waals surface area contributed by atoms with Crippen LogP contribution in [0.1, 0.15) is 45.1 Å². The maximum Gasteiger partial charge on any atom is 0.224 e. The SMILES string of the molecule is CCOC(CCC1C(CO)c2ccccc2N1C(C)=O)OCC. The van der Waals surface area contributed by atoms with E-state index in [1.54, 1.807) is 6.92 Å². The molecular weight excluding hydrogens is 294 g/mol. The molecule has 2 rings (SSSR count). The predicted octanol–water partition coefficient (Wildman–Crippen LogP) is 2.68. The number of aliphatic hydroxyl groups is 1. The molecule has 5 nitrogen and oxygen atoms in total. The maximum atomic E-state index is 12.2. The molecule has 1 amide bonds. The van der Waals surface area contributed by atoms with E-state index in [0.717, 1.165) is 17.7 Å². The topological polar surface area (TPSA) is 59.0 Å². The number of nitrogens with zero attached hydrogens (tertiary/aromatic N) is 1. The number of carbonyl (C=O) groups is 1. The van der Waals surface area contributed by atoms with Crippen LogP contribution in [0.2, 0.25) is 0 Å². The van der Waals surface area contributed by atoms with Crippen LogP contribution in [0, 0.1) is 0 Å². The van der Waals surface area contributed by atoms with Gasteiger partial charge in [0.2, 0.25) is 5.91 Å². The minimum atomic E-state index is -0.262. The molecule has 0 spiro atoms. The molecule has 0 bridgehead atoms. The van der Waals surface area contributed by atoms with Crippen molar-refractivity contribution >= 4 is 11.6 Å². The quantitative estimate of drug-likeness (QED) is 0.748. The van der Waals surface area contributed by atoms with Gasteiger partial charge in [0.1, 0.15) is 0 Å². The molecule has 1 aliphatic heterocycles. The number of anilines is 1. The van der Waals surface area contributed by atoms with E-state index in [2.05, 4.69) is 0 Å². The summed E-state index contributed by atoms with van der Waals surface area (Å²) in [6, 6.07) is 7.76. The molecule has 2 atom stereocenters. The highest BCUT2D eigenvalue weighted by molar-refractivity contribution is 5.95. The lowest BCUT2D eigenvalue weighted by molar-refractivity contribution is -0.141. The highest BCUT2D eigenvalue weighted by Gasteiger charge is 2.39. The molecule has 1 aromatic rings. The third kappa shape index (κ3) is 3.91. The van der Waals surface area contributed by atoms with Crippen molar-refractivity contribution in [3.63, 3.8) is 0 Å². The van der Waals surface area contributed by atoms with Crippen molar-refractivity contribution in [1.29, 1.82) is 0 Å². The molecular formula is C18H27NO4. The van der Waals surface area contributed by atoms with Gasteiger partial charge in [0.25, 0.3) is 0 Å². The van der Waals surface area contributed by atoms with Gasteiger partial charge in [-0.1, -0.05) is 18.2 Å². The number of hydrogen-bond acceptors (Lipinski definition) is 4. The van der Waals surface area contributed by atoms with Crippen molar-refractivity contribution in [1.82, 2.24) is 0 Å². The van der Waals surface area contributed by atoms with Crippen LogP contribution in [-0.2, 0) is 14.3 Å². The molecule has 1 aromatic carbocycles. The Morgan fingerprint density at radius 2 is 1.91 bits per heavy atom. The Morgan fingerprint density at radius 1 is 1.26 bits per heavy atom. The Bertz CT molecular complexity index is 513. The summed E-state index contributed by atoms with van der Waals surface area (Å²) < 4.78 is 11.2. The number of fused-ring (bicyclic) bond motifs is 1. The fraction of sp³-hybridized carbons (Fsp3) is 0.611. The monoisotopic (exact) mass is 321 g/mol. The van der Waals surface area contributed by atoms with Gasteiger partial charge in [0.15, 0.2) is 6.29 Å². The molecule has 0 saturated heterocycles. The highest BCUT2D eigenvalue weighted by atomic mass is 16.7. The Kier molecular flexibility index (Phi) is 6.57. The first-order valence-corrected chi connectivity index (χ1v) is 8.36. The normalized spacial score (nSPS) is 20.1. The van der Waals surface area contributed by atoms with E-state index in [0.29, 0.717) is 19.6 Å². The smallest absolute Gasteiger partial charge is 0.224 e. The standard InChI is InChI=1S/C18H27NO4/c1-4-22-18(23-5-2)11-10-17-15(12-20)14-8-6-7-9-16(14)19(17)13(3)21/h6-9,15,17-18,20H,4-5,10-12H2,1-3H3. The second-order valence-corrected chi connectivity index (χ2v) is 5.72.